The Bertz CT molecular complexity index is 1130. The average molecular weight is 398 g/mol. The molecule has 10 heteroatoms. The van der Waals surface area contributed by atoms with Gasteiger partial charge in [-0.25, -0.2) is 22.9 Å². The van der Waals surface area contributed by atoms with E-state index in [2.05, 4.69) is 4.98 Å². The third kappa shape index (κ3) is 3.28. The van der Waals surface area contributed by atoms with E-state index < -0.39 is 28.2 Å². The lowest BCUT2D eigenvalue weighted by atomic mass is 10.0. The molecule has 0 unspecified atom stereocenters. The first-order valence-electron chi connectivity index (χ1n) is 7.29. The molecule has 3 aromatic rings. The molecule has 26 heavy (non-hydrogen) atoms. The number of imidazole rings is 1. The van der Waals surface area contributed by atoms with Gasteiger partial charge in [-0.15, -0.1) is 0 Å². The summed E-state index contributed by atoms with van der Waals surface area (Å²) in [6.07, 6.45) is 1.13. The van der Waals surface area contributed by atoms with Gasteiger partial charge in [-0.1, -0.05) is 11.6 Å². The summed E-state index contributed by atoms with van der Waals surface area (Å²) in [6, 6.07) is 5.08. The first-order chi connectivity index (χ1) is 12.1. The maximum Gasteiger partial charge on any atom is 0.309 e. The first kappa shape index (κ1) is 18.3. The maximum absolute atomic E-state index is 14.7. The van der Waals surface area contributed by atoms with Gasteiger partial charge in [0.15, 0.2) is 0 Å². The van der Waals surface area contributed by atoms with Crippen LogP contribution in [-0.2, 0) is 21.2 Å². The number of nitrogens with zero attached hydrogens (tertiary/aromatic N) is 2. The molecule has 0 fully saturated rings. The van der Waals surface area contributed by atoms with Gasteiger partial charge in [0.25, 0.3) is 0 Å². The van der Waals surface area contributed by atoms with Crippen LogP contribution in [-0.4, -0.2) is 28.9 Å². The largest absolute Gasteiger partial charge is 0.481 e. The van der Waals surface area contributed by atoms with Gasteiger partial charge in [0, 0.05) is 22.8 Å². The molecule has 0 spiro atoms. The van der Waals surface area contributed by atoms with Crippen LogP contribution in [0.15, 0.2) is 35.4 Å². The highest BCUT2D eigenvalue weighted by Crippen LogP contribution is 2.32. The predicted octanol–water partition coefficient (Wildman–Crippen LogP) is 2.38. The molecule has 0 amide bonds. The Kier molecular flexibility index (Phi) is 4.47. The van der Waals surface area contributed by atoms with Gasteiger partial charge < -0.3 is 9.51 Å². The predicted molar refractivity (Wildman–Crippen MR) is 93.0 cm³/mol. The lowest BCUT2D eigenvalue weighted by molar-refractivity contribution is -0.136. The molecule has 0 atom stereocenters. The molecule has 0 aliphatic heterocycles. The van der Waals surface area contributed by atoms with Crippen LogP contribution in [0.1, 0.15) is 11.3 Å². The maximum atomic E-state index is 14.7. The molecular formula is C16H13ClFN3O4S. The number of halogens is 2. The number of carbonyl (C=O) groups is 1. The number of fused-ring (bicyclic) bond motifs is 1. The smallest absolute Gasteiger partial charge is 0.309 e. The van der Waals surface area contributed by atoms with E-state index in [1.54, 1.807) is 12.3 Å². The number of aryl methyl sites for hydroxylation is 1. The summed E-state index contributed by atoms with van der Waals surface area (Å²) >= 11 is 5.94. The number of hydrogen-bond donors (Lipinski definition) is 2. The molecule has 7 nitrogen and oxygen atoms in total. The highest BCUT2D eigenvalue weighted by Gasteiger charge is 2.23. The number of nitrogens with two attached hydrogens (primary N) is 1. The van der Waals surface area contributed by atoms with Crippen LogP contribution >= 0.6 is 11.6 Å². The van der Waals surface area contributed by atoms with E-state index in [9.17, 15) is 22.7 Å². The fraction of sp³-hybridized carbons (Fsp3) is 0.125. The molecule has 2 aromatic heterocycles. The minimum absolute atomic E-state index is 0.00784. The zero-order valence-corrected chi connectivity index (χ0v) is 15.0. The number of benzene rings is 1. The van der Waals surface area contributed by atoms with Crippen molar-refractivity contribution in [3.8, 4) is 11.3 Å². The molecule has 0 aliphatic rings. The monoisotopic (exact) mass is 397 g/mol. The van der Waals surface area contributed by atoms with Crippen LogP contribution in [0.5, 0.6) is 0 Å². The first-order valence-corrected chi connectivity index (χ1v) is 9.22. The third-order valence-corrected chi connectivity index (χ3v) is 4.96. The van der Waals surface area contributed by atoms with Gasteiger partial charge in [0.1, 0.15) is 11.5 Å². The van der Waals surface area contributed by atoms with Crippen molar-refractivity contribution in [3.63, 3.8) is 0 Å². The van der Waals surface area contributed by atoms with E-state index >= 15 is 0 Å². The second-order valence-electron chi connectivity index (χ2n) is 5.69. The van der Waals surface area contributed by atoms with Gasteiger partial charge in [0.2, 0.25) is 10.0 Å². The van der Waals surface area contributed by atoms with Crippen molar-refractivity contribution in [3.05, 3.63) is 52.6 Å². The number of primary sulfonamides is 1. The summed E-state index contributed by atoms with van der Waals surface area (Å²) < 4.78 is 39.2. The summed E-state index contributed by atoms with van der Waals surface area (Å²) in [5, 5.41) is 14.6. The number of aliphatic carboxylic acids is 1. The van der Waals surface area contributed by atoms with Crippen molar-refractivity contribution in [1.82, 2.24) is 9.38 Å². The highest BCUT2D eigenvalue weighted by atomic mass is 35.5. The molecule has 3 rings (SSSR count). The van der Waals surface area contributed by atoms with Crippen LogP contribution < -0.4 is 5.14 Å². The summed E-state index contributed by atoms with van der Waals surface area (Å²) in [5.41, 5.74) is 0.960. The van der Waals surface area contributed by atoms with Crippen molar-refractivity contribution < 1.29 is 22.7 Å². The fourth-order valence-corrected chi connectivity index (χ4v) is 3.52. The molecule has 1 aromatic carbocycles. The van der Waals surface area contributed by atoms with E-state index in [0.29, 0.717) is 10.7 Å². The number of hydrogen-bond acceptors (Lipinski definition) is 4. The van der Waals surface area contributed by atoms with Crippen LogP contribution in [0.25, 0.3) is 16.9 Å². The Morgan fingerprint density at radius 1 is 1.38 bits per heavy atom. The summed E-state index contributed by atoms with van der Waals surface area (Å²) in [6.45, 7) is 1.49. The Balaban J connectivity index is 2.33. The second-order valence-corrected chi connectivity index (χ2v) is 7.69. The van der Waals surface area contributed by atoms with Gasteiger partial charge in [-0.05, 0) is 30.7 Å². The number of carboxylic acids is 1. The van der Waals surface area contributed by atoms with Crippen molar-refractivity contribution in [1.29, 1.82) is 0 Å². The van der Waals surface area contributed by atoms with E-state index in [1.807, 2.05) is 0 Å². The summed E-state index contributed by atoms with van der Waals surface area (Å²) in [7, 11) is -4.08. The Labute approximate surface area is 152 Å². The number of pyridine rings is 1. The number of carboxylic acid groups (broad SMARTS) is 1. The summed E-state index contributed by atoms with van der Waals surface area (Å²) in [5.74, 6) is -1.99. The molecule has 2 heterocycles. The van der Waals surface area contributed by atoms with Gasteiger partial charge in [-0.3, -0.25) is 4.79 Å². The van der Waals surface area contributed by atoms with E-state index in [-0.39, 0.29) is 27.4 Å². The lowest BCUT2D eigenvalue weighted by Gasteiger charge is -2.09. The lowest BCUT2D eigenvalue weighted by Crippen LogP contribution is -2.13. The molecule has 0 aliphatic carbocycles. The van der Waals surface area contributed by atoms with Crippen molar-refractivity contribution in [2.45, 2.75) is 18.2 Å². The normalized spacial score (nSPS) is 11.8. The van der Waals surface area contributed by atoms with E-state index in [4.69, 9.17) is 16.7 Å². The SMILES string of the molecule is Cc1cc(S(N)(=O)=O)cc(F)c1-c1nc2cc(Cl)ccn2c1CC(=O)O. The Morgan fingerprint density at radius 3 is 2.65 bits per heavy atom. The molecule has 0 bridgehead atoms. The average Bonchev–Trinajstić information content (AvgIpc) is 2.82. The minimum Gasteiger partial charge on any atom is -0.481 e. The topological polar surface area (TPSA) is 115 Å². The van der Waals surface area contributed by atoms with Gasteiger partial charge in [-0.2, -0.15) is 0 Å². The zero-order chi connectivity index (χ0) is 19.2. The van der Waals surface area contributed by atoms with Crippen molar-refractivity contribution in [2.24, 2.45) is 5.14 Å². The Morgan fingerprint density at radius 2 is 2.08 bits per heavy atom. The number of aromatic nitrogens is 2. The number of sulfonamides is 1. The van der Waals surface area contributed by atoms with Crippen LogP contribution in [0.2, 0.25) is 5.02 Å². The fourth-order valence-electron chi connectivity index (χ4n) is 2.76. The molecule has 136 valence electrons. The van der Waals surface area contributed by atoms with Gasteiger partial charge >= 0.3 is 5.97 Å². The second kappa shape index (κ2) is 6.35. The van der Waals surface area contributed by atoms with Crippen molar-refractivity contribution in [2.75, 3.05) is 0 Å². The standard InChI is InChI=1S/C16H13ClFN3O4S/c1-8-4-10(26(19,24)25)6-11(18)15(8)16-12(7-14(22)23)21-3-2-9(17)5-13(21)20-16/h2-6H,7H2,1H3,(H,22,23)(H2,19,24,25). The van der Waals surface area contributed by atoms with Crippen LogP contribution in [0, 0.1) is 12.7 Å². The molecule has 0 radical (unpaired) electrons. The summed E-state index contributed by atoms with van der Waals surface area (Å²) in [4.78, 5) is 15.2. The van der Waals surface area contributed by atoms with Crippen LogP contribution in [0.3, 0.4) is 0 Å². The zero-order valence-electron chi connectivity index (χ0n) is 13.4. The minimum atomic E-state index is -4.08. The molecular weight excluding hydrogens is 385 g/mol. The van der Waals surface area contributed by atoms with Gasteiger partial charge in [0.05, 0.1) is 22.7 Å². The molecule has 3 N–H and O–H groups in total. The quantitative estimate of drug-likeness (QED) is 0.701. The van der Waals surface area contributed by atoms with E-state index in [0.717, 1.165) is 6.07 Å². The van der Waals surface area contributed by atoms with Crippen LogP contribution in [0.4, 0.5) is 4.39 Å². The third-order valence-electron chi connectivity index (χ3n) is 3.83. The number of rotatable bonds is 4. The highest BCUT2D eigenvalue weighted by molar-refractivity contribution is 7.89. The van der Waals surface area contributed by atoms with Crippen molar-refractivity contribution >= 4 is 33.2 Å². The van der Waals surface area contributed by atoms with E-state index in [1.165, 1.54) is 23.5 Å². The molecule has 0 saturated carbocycles. The Hall–Kier alpha value is -2.49. The molecule has 0 saturated heterocycles.